The second-order valence-corrected chi connectivity index (χ2v) is 6.62. The third kappa shape index (κ3) is 3.85. The Bertz CT molecular complexity index is 753. The molecule has 1 saturated heterocycles. The zero-order valence-electron chi connectivity index (χ0n) is 13.4. The summed E-state index contributed by atoms with van der Waals surface area (Å²) in [5, 5.41) is 3.14. The van der Waals surface area contributed by atoms with Crippen LogP contribution in [0.2, 0.25) is 5.02 Å². The maximum absolute atomic E-state index is 13.2. The van der Waals surface area contributed by atoms with Crippen molar-refractivity contribution in [3.63, 3.8) is 0 Å². The largest absolute Gasteiger partial charge is 0.354 e. The van der Waals surface area contributed by atoms with E-state index in [0.29, 0.717) is 22.9 Å². The lowest BCUT2D eigenvalue weighted by Gasteiger charge is -2.31. The summed E-state index contributed by atoms with van der Waals surface area (Å²) in [7, 11) is 0. The van der Waals surface area contributed by atoms with E-state index in [2.05, 4.69) is 17.2 Å². The second-order valence-electron chi connectivity index (χ2n) is 6.21. The van der Waals surface area contributed by atoms with E-state index in [1.807, 2.05) is 4.90 Å². The topological polar surface area (TPSA) is 45.2 Å². The molecule has 1 amide bonds. The number of piperidine rings is 1. The minimum Gasteiger partial charge on any atom is -0.354 e. The minimum atomic E-state index is -0.469. The van der Waals surface area contributed by atoms with Gasteiger partial charge in [-0.25, -0.2) is 4.39 Å². The van der Waals surface area contributed by atoms with Crippen molar-refractivity contribution in [2.75, 3.05) is 18.4 Å². The lowest BCUT2D eigenvalue weighted by atomic mass is 10.00. The van der Waals surface area contributed by atoms with E-state index in [-0.39, 0.29) is 10.9 Å². The van der Waals surface area contributed by atoms with Gasteiger partial charge in [0.05, 0.1) is 22.5 Å². The molecule has 1 atom stereocenters. The Kier molecular flexibility index (Phi) is 5.00. The van der Waals surface area contributed by atoms with Crippen LogP contribution in [-0.4, -0.2) is 28.9 Å². The molecule has 0 bridgehead atoms. The first-order valence-corrected chi connectivity index (χ1v) is 8.37. The number of nitrogens with one attached hydrogen (secondary N) is 1. The van der Waals surface area contributed by atoms with Gasteiger partial charge in [-0.15, -0.1) is 0 Å². The normalized spacial score (nSPS) is 17.6. The first-order chi connectivity index (χ1) is 11.5. The van der Waals surface area contributed by atoms with Gasteiger partial charge in [0, 0.05) is 25.0 Å². The molecule has 3 rings (SSSR count). The fraction of sp³-hybridized carbons (Fsp3) is 0.333. The highest BCUT2D eigenvalue weighted by molar-refractivity contribution is 6.31. The number of hydrogen-bond acceptors (Lipinski definition) is 3. The van der Waals surface area contributed by atoms with Crippen LogP contribution < -0.4 is 5.32 Å². The van der Waals surface area contributed by atoms with Crippen molar-refractivity contribution in [2.45, 2.75) is 19.8 Å². The van der Waals surface area contributed by atoms with Gasteiger partial charge in [-0.1, -0.05) is 18.5 Å². The summed E-state index contributed by atoms with van der Waals surface area (Å²) in [6.07, 6.45) is 5.39. The number of pyridine rings is 1. The van der Waals surface area contributed by atoms with Crippen molar-refractivity contribution >= 4 is 28.9 Å². The number of rotatable bonds is 3. The zero-order chi connectivity index (χ0) is 17.1. The maximum atomic E-state index is 13.2. The molecule has 0 aliphatic carbocycles. The van der Waals surface area contributed by atoms with Gasteiger partial charge >= 0.3 is 0 Å². The van der Waals surface area contributed by atoms with Crippen LogP contribution in [-0.2, 0) is 0 Å². The molecule has 126 valence electrons. The molecule has 1 aliphatic rings. The van der Waals surface area contributed by atoms with Crippen LogP contribution >= 0.6 is 11.6 Å². The average molecular weight is 348 g/mol. The summed E-state index contributed by atoms with van der Waals surface area (Å²) in [6.45, 7) is 3.73. The third-order valence-corrected chi connectivity index (χ3v) is 4.43. The molecule has 1 N–H and O–H groups in total. The average Bonchev–Trinajstić information content (AvgIpc) is 2.58. The number of amides is 1. The molecule has 6 heteroatoms. The summed E-state index contributed by atoms with van der Waals surface area (Å²) in [6, 6.07) is 6.13. The lowest BCUT2D eigenvalue weighted by molar-refractivity contribution is 0.0682. The van der Waals surface area contributed by atoms with E-state index in [4.69, 9.17) is 11.6 Å². The van der Waals surface area contributed by atoms with Crippen molar-refractivity contribution in [3.8, 4) is 0 Å². The van der Waals surface area contributed by atoms with Gasteiger partial charge < -0.3 is 10.2 Å². The summed E-state index contributed by atoms with van der Waals surface area (Å²) in [4.78, 5) is 18.7. The zero-order valence-corrected chi connectivity index (χ0v) is 14.2. The number of halogens is 2. The highest BCUT2D eigenvalue weighted by Gasteiger charge is 2.22. The van der Waals surface area contributed by atoms with E-state index in [0.717, 1.165) is 25.9 Å². The Morgan fingerprint density at radius 3 is 2.92 bits per heavy atom. The molecule has 0 spiro atoms. The molecular weight excluding hydrogens is 329 g/mol. The highest BCUT2D eigenvalue weighted by atomic mass is 35.5. The first-order valence-electron chi connectivity index (χ1n) is 7.99. The predicted octanol–water partition coefficient (Wildman–Crippen LogP) is 4.49. The van der Waals surface area contributed by atoms with Crippen molar-refractivity contribution in [1.29, 1.82) is 0 Å². The number of nitrogens with zero attached hydrogens (tertiary/aromatic N) is 2. The summed E-state index contributed by atoms with van der Waals surface area (Å²) in [5.74, 6) is 0.0525. The molecule has 2 aromatic rings. The fourth-order valence-corrected chi connectivity index (χ4v) is 3.10. The first kappa shape index (κ1) is 16.7. The third-order valence-electron chi connectivity index (χ3n) is 4.14. The molecule has 1 aliphatic heterocycles. The SMILES string of the molecule is CC1CCCN(C(=O)c2cncc(Nc3ccc(F)c(Cl)c3)c2)C1. The number of anilines is 2. The predicted molar refractivity (Wildman–Crippen MR) is 93.2 cm³/mol. The summed E-state index contributed by atoms with van der Waals surface area (Å²) >= 11 is 5.79. The van der Waals surface area contributed by atoms with E-state index in [1.165, 1.54) is 12.1 Å². The monoisotopic (exact) mass is 347 g/mol. The lowest BCUT2D eigenvalue weighted by Crippen LogP contribution is -2.39. The van der Waals surface area contributed by atoms with Crippen LogP contribution in [0.3, 0.4) is 0 Å². The van der Waals surface area contributed by atoms with Crippen molar-refractivity contribution in [3.05, 3.63) is 53.1 Å². The maximum Gasteiger partial charge on any atom is 0.255 e. The van der Waals surface area contributed by atoms with Gasteiger partial charge in [0.25, 0.3) is 5.91 Å². The van der Waals surface area contributed by atoms with E-state index in [1.54, 1.807) is 24.5 Å². The molecule has 1 aromatic carbocycles. The standard InChI is InChI=1S/C18H19ClFN3O/c1-12-3-2-6-23(11-12)18(24)13-7-15(10-21-9-13)22-14-4-5-17(20)16(19)8-14/h4-5,7-10,12,22H,2-3,6,11H2,1H3. The van der Waals surface area contributed by atoms with Crippen LogP contribution in [0.5, 0.6) is 0 Å². The summed E-state index contributed by atoms with van der Waals surface area (Å²) in [5.41, 5.74) is 1.84. The number of carbonyl (C=O) groups excluding carboxylic acids is 1. The van der Waals surface area contributed by atoms with Crippen LogP contribution in [0.15, 0.2) is 36.7 Å². The van der Waals surface area contributed by atoms with Gasteiger partial charge in [0.2, 0.25) is 0 Å². The van der Waals surface area contributed by atoms with E-state index >= 15 is 0 Å². The Hall–Kier alpha value is -2.14. The Balaban J connectivity index is 1.76. The Morgan fingerprint density at radius 2 is 2.17 bits per heavy atom. The fourth-order valence-electron chi connectivity index (χ4n) is 2.92. The molecule has 1 aromatic heterocycles. The van der Waals surface area contributed by atoms with Crippen LogP contribution in [0.1, 0.15) is 30.1 Å². The number of benzene rings is 1. The molecule has 1 fully saturated rings. The Labute approximate surface area is 145 Å². The van der Waals surface area contributed by atoms with Crippen LogP contribution in [0.25, 0.3) is 0 Å². The highest BCUT2D eigenvalue weighted by Crippen LogP contribution is 2.24. The number of hydrogen-bond donors (Lipinski definition) is 1. The molecule has 0 saturated carbocycles. The summed E-state index contributed by atoms with van der Waals surface area (Å²) < 4.78 is 13.2. The molecule has 1 unspecified atom stereocenters. The molecule has 0 radical (unpaired) electrons. The quantitative estimate of drug-likeness (QED) is 0.889. The molecule has 2 heterocycles. The number of aromatic nitrogens is 1. The molecule has 24 heavy (non-hydrogen) atoms. The molecular formula is C18H19ClFN3O. The van der Waals surface area contributed by atoms with Gasteiger partial charge in [-0.05, 0) is 43.0 Å². The second kappa shape index (κ2) is 7.18. The van der Waals surface area contributed by atoms with Gasteiger partial charge in [0.1, 0.15) is 5.82 Å². The van der Waals surface area contributed by atoms with Crippen LogP contribution in [0.4, 0.5) is 15.8 Å². The van der Waals surface area contributed by atoms with Gasteiger partial charge in [0.15, 0.2) is 0 Å². The van der Waals surface area contributed by atoms with Gasteiger partial charge in [-0.3, -0.25) is 9.78 Å². The number of likely N-dealkylation sites (tertiary alicyclic amines) is 1. The number of carbonyl (C=O) groups is 1. The van der Waals surface area contributed by atoms with Crippen molar-refractivity contribution in [1.82, 2.24) is 9.88 Å². The minimum absolute atomic E-state index is 0.00478. The van der Waals surface area contributed by atoms with Crippen molar-refractivity contribution < 1.29 is 9.18 Å². The van der Waals surface area contributed by atoms with E-state index < -0.39 is 5.82 Å². The Morgan fingerprint density at radius 1 is 1.33 bits per heavy atom. The van der Waals surface area contributed by atoms with Crippen LogP contribution in [0, 0.1) is 11.7 Å². The smallest absolute Gasteiger partial charge is 0.255 e. The van der Waals surface area contributed by atoms with E-state index in [9.17, 15) is 9.18 Å². The van der Waals surface area contributed by atoms with Crippen molar-refractivity contribution in [2.24, 2.45) is 5.92 Å². The molecule has 4 nitrogen and oxygen atoms in total. The van der Waals surface area contributed by atoms with Gasteiger partial charge in [-0.2, -0.15) is 0 Å².